The molecule has 84 valence electrons. The van der Waals surface area contributed by atoms with Crippen LogP contribution >= 0.6 is 11.6 Å². The number of benzene rings is 1. The van der Waals surface area contributed by atoms with Crippen LogP contribution in [0.1, 0.15) is 5.82 Å². The second-order valence-electron chi connectivity index (χ2n) is 3.26. The lowest BCUT2D eigenvalue weighted by atomic mass is 10.2. The van der Waals surface area contributed by atoms with Gasteiger partial charge in [0.25, 0.3) is 0 Å². The van der Waals surface area contributed by atoms with Crippen LogP contribution in [0.25, 0.3) is 0 Å². The molecule has 1 heterocycles. The molecule has 0 saturated heterocycles. The summed E-state index contributed by atoms with van der Waals surface area (Å²) in [6.07, 6.45) is 1.99. The molecular formula is C10H11ClN4O. The number of nitrogen functional groups attached to an aromatic ring is 1. The van der Waals surface area contributed by atoms with Crippen molar-refractivity contribution in [2.45, 2.75) is 6.42 Å². The molecule has 0 atom stereocenters. The smallest absolute Gasteiger partial charge is 0.213 e. The van der Waals surface area contributed by atoms with E-state index >= 15 is 0 Å². The van der Waals surface area contributed by atoms with Gasteiger partial charge in [0, 0.05) is 18.0 Å². The molecule has 2 rings (SSSR count). The number of nitrogens with one attached hydrogen (secondary N) is 1. The molecule has 6 heteroatoms. The molecule has 5 nitrogen and oxygen atoms in total. The van der Waals surface area contributed by atoms with Crippen molar-refractivity contribution in [3.8, 4) is 0 Å². The summed E-state index contributed by atoms with van der Waals surface area (Å²) in [6.45, 7) is 0.686. The van der Waals surface area contributed by atoms with Gasteiger partial charge in [-0.25, -0.2) is 0 Å². The lowest BCUT2D eigenvalue weighted by Crippen LogP contribution is -2.07. The molecule has 0 aliphatic rings. The Bertz CT molecular complexity index is 458. The first-order valence-corrected chi connectivity index (χ1v) is 5.17. The molecule has 0 amide bonds. The Morgan fingerprint density at radius 2 is 2.31 bits per heavy atom. The molecule has 0 unspecified atom stereocenters. The molecule has 0 radical (unpaired) electrons. The van der Waals surface area contributed by atoms with Crippen molar-refractivity contribution in [3.63, 3.8) is 0 Å². The summed E-state index contributed by atoms with van der Waals surface area (Å²) < 4.78 is 4.63. The number of rotatable bonds is 4. The lowest BCUT2D eigenvalue weighted by molar-refractivity contribution is 0.410. The first-order chi connectivity index (χ1) is 7.75. The van der Waals surface area contributed by atoms with E-state index in [1.807, 2.05) is 6.07 Å². The fourth-order valence-corrected chi connectivity index (χ4v) is 1.49. The highest BCUT2D eigenvalue weighted by Crippen LogP contribution is 2.22. The van der Waals surface area contributed by atoms with Gasteiger partial charge in [0.2, 0.25) is 6.39 Å². The maximum Gasteiger partial charge on any atom is 0.213 e. The standard InChI is InChI=1S/C10H11ClN4O/c11-7-1-2-9(8(12)5-7)13-4-3-10-14-6-16-15-10/h1-2,5-6,13H,3-4,12H2. The Labute approximate surface area is 97.6 Å². The minimum absolute atomic E-state index is 0.626. The van der Waals surface area contributed by atoms with Crippen LogP contribution in [0.5, 0.6) is 0 Å². The molecule has 0 spiro atoms. The highest BCUT2D eigenvalue weighted by Gasteiger charge is 2.01. The van der Waals surface area contributed by atoms with Crippen LogP contribution in [-0.2, 0) is 6.42 Å². The molecule has 1 aromatic heterocycles. The predicted octanol–water partition coefficient (Wildman–Crippen LogP) is 1.96. The Kier molecular flexibility index (Phi) is 3.26. The molecule has 1 aromatic carbocycles. The van der Waals surface area contributed by atoms with Gasteiger partial charge >= 0.3 is 0 Å². The number of nitrogens with zero attached hydrogens (tertiary/aromatic N) is 2. The van der Waals surface area contributed by atoms with Gasteiger partial charge in [0.05, 0.1) is 11.4 Å². The molecule has 0 saturated carbocycles. The molecule has 0 aliphatic carbocycles. The fourth-order valence-electron chi connectivity index (χ4n) is 1.31. The van der Waals surface area contributed by atoms with E-state index in [1.165, 1.54) is 6.39 Å². The van der Waals surface area contributed by atoms with E-state index in [0.29, 0.717) is 29.5 Å². The largest absolute Gasteiger partial charge is 0.397 e. The maximum absolute atomic E-state index is 5.79. The van der Waals surface area contributed by atoms with E-state index in [1.54, 1.807) is 12.1 Å². The molecule has 16 heavy (non-hydrogen) atoms. The number of aromatic nitrogens is 2. The third-order valence-electron chi connectivity index (χ3n) is 2.08. The van der Waals surface area contributed by atoms with Crippen LogP contribution in [0.15, 0.2) is 29.1 Å². The van der Waals surface area contributed by atoms with Gasteiger partial charge in [-0.1, -0.05) is 16.8 Å². The summed E-state index contributed by atoms with van der Waals surface area (Å²) >= 11 is 5.79. The lowest BCUT2D eigenvalue weighted by Gasteiger charge is -2.08. The zero-order chi connectivity index (χ0) is 11.4. The fraction of sp³-hybridized carbons (Fsp3) is 0.200. The Hall–Kier alpha value is -1.75. The second kappa shape index (κ2) is 4.85. The summed E-state index contributed by atoms with van der Waals surface area (Å²) in [4.78, 5) is 3.91. The van der Waals surface area contributed by atoms with E-state index in [9.17, 15) is 0 Å². The van der Waals surface area contributed by atoms with Crippen LogP contribution < -0.4 is 11.1 Å². The normalized spacial score (nSPS) is 10.3. The molecule has 3 N–H and O–H groups in total. The molecule has 0 aliphatic heterocycles. The molecule has 0 fully saturated rings. The average Bonchev–Trinajstić information content (AvgIpc) is 2.74. The van der Waals surface area contributed by atoms with Crippen molar-refractivity contribution in [2.24, 2.45) is 0 Å². The van der Waals surface area contributed by atoms with Crippen LogP contribution in [0.2, 0.25) is 5.02 Å². The van der Waals surface area contributed by atoms with E-state index < -0.39 is 0 Å². The Morgan fingerprint density at radius 1 is 1.44 bits per heavy atom. The maximum atomic E-state index is 5.79. The SMILES string of the molecule is Nc1cc(Cl)ccc1NCCc1ncon1. The molecule has 2 aromatic rings. The van der Waals surface area contributed by atoms with Crippen molar-refractivity contribution in [2.75, 3.05) is 17.6 Å². The van der Waals surface area contributed by atoms with Crippen molar-refractivity contribution in [1.29, 1.82) is 0 Å². The van der Waals surface area contributed by atoms with Crippen molar-refractivity contribution in [1.82, 2.24) is 10.1 Å². The first-order valence-electron chi connectivity index (χ1n) is 4.80. The van der Waals surface area contributed by atoms with Crippen molar-refractivity contribution in [3.05, 3.63) is 35.4 Å². The predicted molar refractivity (Wildman–Crippen MR) is 62.4 cm³/mol. The monoisotopic (exact) mass is 238 g/mol. The van der Waals surface area contributed by atoms with Gasteiger partial charge < -0.3 is 15.6 Å². The quantitative estimate of drug-likeness (QED) is 0.797. The van der Waals surface area contributed by atoms with Gasteiger partial charge in [-0.3, -0.25) is 0 Å². The number of anilines is 2. The van der Waals surface area contributed by atoms with E-state index in [4.69, 9.17) is 17.3 Å². The second-order valence-corrected chi connectivity index (χ2v) is 3.69. The van der Waals surface area contributed by atoms with Crippen LogP contribution in [0.4, 0.5) is 11.4 Å². The number of halogens is 1. The number of nitrogens with two attached hydrogens (primary N) is 1. The number of hydrogen-bond donors (Lipinski definition) is 2. The zero-order valence-electron chi connectivity index (χ0n) is 8.48. The van der Waals surface area contributed by atoms with Crippen LogP contribution in [-0.4, -0.2) is 16.7 Å². The van der Waals surface area contributed by atoms with E-state index in [0.717, 1.165) is 5.69 Å². The van der Waals surface area contributed by atoms with Crippen molar-refractivity contribution < 1.29 is 4.52 Å². The summed E-state index contributed by atoms with van der Waals surface area (Å²) in [7, 11) is 0. The first kappa shape index (κ1) is 10.8. The van der Waals surface area contributed by atoms with Gasteiger partial charge in [-0.15, -0.1) is 0 Å². The third-order valence-corrected chi connectivity index (χ3v) is 2.32. The van der Waals surface area contributed by atoms with Crippen molar-refractivity contribution >= 4 is 23.0 Å². The average molecular weight is 239 g/mol. The summed E-state index contributed by atoms with van der Waals surface area (Å²) in [6, 6.07) is 5.33. The highest BCUT2D eigenvalue weighted by atomic mass is 35.5. The summed E-state index contributed by atoms with van der Waals surface area (Å²) in [5, 5.41) is 7.50. The van der Waals surface area contributed by atoms with Crippen LogP contribution in [0, 0.1) is 0 Å². The third kappa shape index (κ3) is 2.64. The Balaban J connectivity index is 1.90. The minimum Gasteiger partial charge on any atom is -0.397 e. The Morgan fingerprint density at radius 3 is 3.00 bits per heavy atom. The number of hydrogen-bond acceptors (Lipinski definition) is 5. The van der Waals surface area contributed by atoms with Crippen LogP contribution in [0.3, 0.4) is 0 Å². The minimum atomic E-state index is 0.626. The summed E-state index contributed by atoms with van der Waals surface area (Å²) in [5.74, 6) is 0.667. The van der Waals surface area contributed by atoms with E-state index in [2.05, 4.69) is 20.0 Å². The topological polar surface area (TPSA) is 77.0 Å². The van der Waals surface area contributed by atoms with Gasteiger partial charge in [0.1, 0.15) is 0 Å². The van der Waals surface area contributed by atoms with Gasteiger partial charge in [-0.05, 0) is 18.2 Å². The molecular weight excluding hydrogens is 228 g/mol. The summed E-state index contributed by atoms with van der Waals surface area (Å²) in [5.41, 5.74) is 7.26. The molecule has 0 bridgehead atoms. The zero-order valence-corrected chi connectivity index (χ0v) is 9.24. The van der Waals surface area contributed by atoms with E-state index in [-0.39, 0.29) is 0 Å². The van der Waals surface area contributed by atoms with Gasteiger partial charge in [0.15, 0.2) is 5.82 Å². The van der Waals surface area contributed by atoms with Gasteiger partial charge in [-0.2, -0.15) is 4.98 Å². The highest BCUT2D eigenvalue weighted by molar-refractivity contribution is 6.31.